The molecule has 4 heteroatoms. The summed E-state index contributed by atoms with van der Waals surface area (Å²) in [5.74, 6) is 0. The monoisotopic (exact) mass is 280 g/mol. The van der Waals surface area contributed by atoms with Gasteiger partial charge in [0.1, 0.15) is 0 Å². The van der Waals surface area contributed by atoms with Gasteiger partial charge in [-0.05, 0) is 0 Å². The molecule has 0 spiro atoms. The SMILES string of the molecule is CCCCCCCC[PH](CCO)(CCO)CCO. The minimum atomic E-state index is -1.61. The molecule has 0 saturated carbocycles. The van der Waals surface area contributed by atoms with Crippen molar-refractivity contribution in [3.8, 4) is 0 Å². The van der Waals surface area contributed by atoms with E-state index in [1.807, 2.05) is 0 Å². The van der Waals surface area contributed by atoms with Crippen LogP contribution >= 0.6 is 7.26 Å². The zero-order valence-corrected chi connectivity index (χ0v) is 13.0. The molecule has 0 radical (unpaired) electrons. The third-order valence-electron chi connectivity index (χ3n) is 3.99. The molecule has 0 aliphatic rings. The zero-order chi connectivity index (χ0) is 13.7. The van der Waals surface area contributed by atoms with Crippen LogP contribution in [0.4, 0.5) is 0 Å². The van der Waals surface area contributed by atoms with Gasteiger partial charge in [0.15, 0.2) is 0 Å². The van der Waals surface area contributed by atoms with Gasteiger partial charge < -0.3 is 0 Å². The van der Waals surface area contributed by atoms with Crippen LogP contribution in [0.15, 0.2) is 0 Å². The molecule has 0 aliphatic heterocycles. The van der Waals surface area contributed by atoms with Gasteiger partial charge in [0.2, 0.25) is 0 Å². The second kappa shape index (κ2) is 12.3. The van der Waals surface area contributed by atoms with Crippen LogP contribution in [0.1, 0.15) is 45.4 Å². The first-order valence-corrected chi connectivity index (χ1v) is 10.4. The predicted molar refractivity (Wildman–Crippen MR) is 82.4 cm³/mol. The molecule has 0 aromatic carbocycles. The molecule has 0 aromatic rings. The molecule has 0 rings (SSSR count). The number of hydrogen-bond acceptors (Lipinski definition) is 3. The van der Waals surface area contributed by atoms with Crippen LogP contribution in [0.2, 0.25) is 0 Å². The van der Waals surface area contributed by atoms with E-state index in [0.29, 0.717) is 0 Å². The van der Waals surface area contributed by atoms with Gasteiger partial charge in [-0.3, -0.25) is 0 Å². The van der Waals surface area contributed by atoms with Gasteiger partial charge in [-0.1, -0.05) is 0 Å². The van der Waals surface area contributed by atoms with Crippen LogP contribution in [0.5, 0.6) is 0 Å². The summed E-state index contributed by atoms with van der Waals surface area (Å²) >= 11 is 0. The van der Waals surface area contributed by atoms with Gasteiger partial charge in [-0.2, -0.15) is 0 Å². The molecule has 0 atom stereocenters. The number of aliphatic hydroxyl groups is 3. The first-order chi connectivity index (χ1) is 8.74. The molecule has 3 N–H and O–H groups in total. The quantitative estimate of drug-likeness (QED) is 0.357. The summed E-state index contributed by atoms with van der Waals surface area (Å²) in [5.41, 5.74) is 0. The number of hydrogen-bond donors (Lipinski definition) is 3. The second-order valence-corrected chi connectivity index (χ2v) is 10.4. The van der Waals surface area contributed by atoms with Crippen molar-refractivity contribution >= 4 is 7.26 Å². The van der Waals surface area contributed by atoms with Crippen molar-refractivity contribution in [3.05, 3.63) is 0 Å². The van der Waals surface area contributed by atoms with Crippen LogP contribution in [-0.4, -0.2) is 59.8 Å². The van der Waals surface area contributed by atoms with E-state index in [4.69, 9.17) is 0 Å². The average molecular weight is 280 g/mol. The summed E-state index contributed by atoms with van der Waals surface area (Å²) in [6.07, 6.45) is 11.4. The first-order valence-electron chi connectivity index (χ1n) is 7.57. The molecule has 3 nitrogen and oxygen atoms in total. The molecule has 0 amide bonds. The fraction of sp³-hybridized carbons (Fsp3) is 1.00. The van der Waals surface area contributed by atoms with Gasteiger partial charge in [0.05, 0.1) is 0 Å². The second-order valence-electron chi connectivity index (χ2n) is 5.44. The van der Waals surface area contributed by atoms with Gasteiger partial charge in [-0.15, -0.1) is 0 Å². The fourth-order valence-corrected chi connectivity index (χ4v) is 6.66. The molecule has 0 aromatic heterocycles. The van der Waals surface area contributed by atoms with Gasteiger partial charge in [-0.25, -0.2) is 0 Å². The van der Waals surface area contributed by atoms with Gasteiger partial charge in [0, 0.05) is 0 Å². The maximum atomic E-state index is 9.20. The van der Waals surface area contributed by atoms with E-state index in [1.165, 1.54) is 38.5 Å². The van der Waals surface area contributed by atoms with E-state index in [-0.39, 0.29) is 19.8 Å². The van der Waals surface area contributed by atoms with E-state index in [9.17, 15) is 15.3 Å². The standard InChI is InChI=1S/C14H33O3P/c1-2-3-4-5-6-7-11-18(12-8-15,13-9-16)14-10-17/h15-18H,2-14H2,1H3. The van der Waals surface area contributed by atoms with Crippen LogP contribution in [0, 0.1) is 0 Å². The van der Waals surface area contributed by atoms with E-state index in [1.54, 1.807) is 0 Å². The van der Waals surface area contributed by atoms with Gasteiger partial charge in [0.25, 0.3) is 0 Å². The number of aliphatic hydroxyl groups excluding tert-OH is 3. The topological polar surface area (TPSA) is 60.7 Å². The maximum absolute atomic E-state index is 9.20. The van der Waals surface area contributed by atoms with E-state index in [0.717, 1.165) is 24.6 Å². The molecule has 0 saturated heterocycles. The van der Waals surface area contributed by atoms with Crippen LogP contribution < -0.4 is 0 Å². The summed E-state index contributed by atoms with van der Waals surface area (Å²) in [4.78, 5) is 0. The Morgan fingerprint density at radius 2 is 1.06 bits per heavy atom. The molecular weight excluding hydrogens is 247 g/mol. The summed E-state index contributed by atoms with van der Waals surface area (Å²) < 4.78 is 0. The fourth-order valence-electron chi connectivity index (χ4n) is 2.74. The summed E-state index contributed by atoms with van der Waals surface area (Å²) in [6.45, 7) is 2.86. The Hall–Kier alpha value is 0.310. The molecule has 112 valence electrons. The van der Waals surface area contributed by atoms with Crippen molar-refractivity contribution in [1.82, 2.24) is 0 Å². The Bertz CT molecular complexity index is 159. The summed E-state index contributed by atoms with van der Waals surface area (Å²) in [7, 11) is -1.61. The van der Waals surface area contributed by atoms with Crippen molar-refractivity contribution in [2.45, 2.75) is 45.4 Å². The van der Waals surface area contributed by atoms with Crippen LogP contribution in [0.3, 0.4) is 0 Å². The first kappa shape index (κ1) is 18.3. The van der Waals surface area contributed by atoms with E-state index >= 15 is 0 Å². The van der Waals surface area contributed by atoms with Crippen molar-refractivity contribution in [2.75, 3.05) is 44.5 Å². The number of unbranched alkanes of at least 4 members (excludes halogenated alkanes) is 5. The predicted octanol–water partition coefficient (Wildman–Crippen LogP) is 2.07. The summed E-state index contributed by atoms with van der Waals surface area (Å²) in [6, 6.07) is 0. The van der Waals surface area contributed by atoms with Crippen molar-refractivity contribution in [1.29, 1.82) is 0 Å². The Balaban J connectivity index is 3.97. The van der Waals surface area contributed by atoms with Crippen LogP contribution in [0.25, 0.3) is 0 Å². The summed E-state index contributed by atoms with van der Waals surface area (Å²) in [5, 5.41) is 27.6. The Kier molecular flexibility index (Phi) is 12.6. The molecule has 0 bridgehead atoms. The molecule has 0 aliphatic carbocycles. The average Bonchev–Trinajstić information content (AvgIpc) is 2.35. The normalized spacial score (nSPS) is 12.9. The molecule has 0 fully saturated rings. The molecule has 0 heterocycles. The third kappa shape index (κ3) is 8.42. The van der Waals surface area contributed by atoms with Crippen molar-refractivity contribution < 1.29 is 15.3 Å². The zero-order valence-electron chi connectivity index (χ0n) is 12.0. The molecule has 0 unspecified atom stereocenters. The Morgan fingerprint density at radius 3 is 1.50 bits per heavy atom. The van der Waals surface area contributed by atoms with Gasteiger partial charge >= 0.3 is 112 Å². The molecule has 18 heavy (non-hydrogen) atoms. The van der Waals surface area contributed by atoms with Crippen molar-refractivity contribution in [3.63, 3.8) is 0 Å². The van der Waals surface area contributed by atoms with Crippen LogP contribution in [-0.2, 0) is 0 Å². The third-order valence-corrected chi connectivity index (χ3v) is 9.25. The minimum absolute atomic E-state index is 0.210. The van der Waals surface area contributed by atoms with E-state index < -0.39 is 7.26 Å². The molecular formula is C14H33O3P. The number of rotatable bonds is 13. The Morgan fingerprint density at radius 1 is 0.611 bits per heavy atom. The van der Waals surface area contributed by atoms with Crippen molar-refractivity contribution in [2.24, 2.45) is 0 Å². The Labute approximate surface area is 113 Å². The van der Waals surface area contributed by atoms with E-state index in [2.05, 4.69) is 6.92 Å².